The van der Waals surface area contributed by atoms with Crippen molar-refractivity contribution in [2.45, 2.75) is 6.54 Å². The summed E-state index contributed by atoms with van der Waals surface area (Å²) in [4.78, 5) is 41.5. The van der Waals surface area contributed by atoms with Gasteiger partial charge >= 0.3 is 0 Å². The molecule has 188 valence electrons. The van der Waals surface area contributed by atoms with Gasteiger partial charge in [0.05, 0.1) is 5.56 Å². The van der Waals surface area contributed by atoms with E-state index in [-0.39, 0.29) is 22.0 Å². The highest BCUT2D eigenvalue weighted by Crippen LogP contribution is 2.29. The average Bonchev–Trinajstić information content (AvgIpc) is 2.97. The van der Waals surface area contributed by atoms with Gasteiger partial charge in [-0.3, -0.25) is 24.6 Å². The van der Waals surface area contributed by atoms with Crippen LogP contribution in [0.4, 0.5) is 11.4 Å². The summed E-state index contributed by atoms with van der Waals surface area (Å²) in [6, 6.07) is 25.2. The number of carbonyl (C=O) groups excluding carboxylic acids is 3. The molecule has 38 heavy (non-hydrogen) atoms. The Hall–Kier alpha value is -4.79. The van der Waals surface area contributed by atoms with Gasteiger partial charge in [0.25, 0.3) is 5.91 Å². The van der Waals surface area contributed by atoms with Gasteiger partial charge in [-0.25, -0.2) is 5.48 Å². The summed E-state index contributed by atoms with van der Waals surface area (Å²) in [5.74, 6) is -1.48. The van der Waals surface area contributed by atoms with Crippen LogP contribution in [0.2, 0.25) is 0 Å². The number of carbonyl (C=O) groups is 3. The highest BCUT2D eigenvalue weighted by Gasteiger charge is 2.32. The van der Waals surface area contributed by atoms with Crippen LogP contribution < -0.4 is 16.1 Å². The minimum absolute atomic E-state index is 0.0123. The molecule has 0 radical (unpaired) electrons. The Labute approximate surface area is 223 Å². The van der Waals surface area contributed by atoms with Crippen LogP contribution in [0, 0.1) is 0 Å². The van der Waals surface area contributed by atoms with Crippen LogP contribution in [-0.4, -0.2) is 27.7 Å². The molecule has 5 rings (SSSR count). The normalized spacial score (nSPS) is 12.7. The number of fused-ring (bicyclic) bond motifs is 1. The van der Waals surface area contributed by atoms with Gasteiger partial charge in [-0.15, -0.1) is 0 Å². The predicted octanol–water partition coefficient (Wildman–Crippen LogP) is 5.42. The van der Waals surface area contributed by atoms with Crippen LogP contribution in [0.25, 0.3) is 11.1 Å². The topological polar surface area (TPSA) is 120 Å². The molecule has 0 saturated carbocycles. The number of nitrogens with one attached hydrogen (secondary N) is 3. The van der Waals surface area contributed by atoms with Crippen molar-refractivity contribution in [3.05, 3.63) is 124 Å². The van der Waals surface area contributed by atoms with Crippen LogP contribution in [0.3, 0.4) is 0 Å². The first-order valence-corrected chi connectivity index (χ1v) is 12.0. The Morgan fingerprint density at radius 2 is 1.58 bits per heavy atom. The zero-order chi connectivity index (χ0) is 26.6. The fourth-order valence-corrected chi connectivity index (χ4v) is 4.39. The fourth-order valence-electron chi connectivity index (χ4n) is 4.17. The van der Waals surface area contributed by atoms with Gasteiger partial charge in [0, 0.05) is 29.7 Å². The summed E-state index contributed by atoms with van der Waals surface area (Å²) >= 11 is 6.21. The summed E-state index contributed by atoms with van der Waals surface area (Å²) in [7, 11) is 0. The zero-order valence-corrected chi connectivity index (χ0v) is 20.6. The zero-order valence-electron chi connectivity index (χ0n) is 19.9. The third-order valence-corrected chi connectivity index (χ3v) is 6.44. The largest absolute Gasteiger partial charge is 0.381 e. The SMILES string of the molecule is O=C(NO)c1ccc(CNc2ccc(NC3=C(Cl)C(=O)c4ncccc4C3=O)cc2)cc1-c1ccccc1. The summed E-state index contributed by atoms with van der Waals surface area (Å²) in [5.41, 5.74) is 6.21. The third kappa shape index (κ3) is 4.90. The summed E-state index contributed by atoms with van der Waals surface area (Å²) < 4.78 is 0. The van der Waals surface area contributed by atoms with E-state index >= 15 is 0 Å². The van der Waals surface area contributed by atoms with Crippen molar-refractivity contribution in [1.29, 1.82) is 0 Å². The number of allylic oxidation sites excluding steroid dienone is 2. The first kappa shape index (κ1) is 24.9. The molecule has 1 aliphatic carbocycles. The molecule has 1 aromatic heterocycles. The lowest BCUT2D eigenvalue weighted by atomic mass is 9.96. The van der Waals surface area contributed by atoms with E-state index in [9.17, 15) is 14.4 Å². The fraction of sp³-hybridized carbons (Fsp3) is 0.0345. The van der Waals surface area contributed by atoms with Crippen LogP contribution in [-0.2, 0) is 6.54 Å². The molecule has 0 spiro atoms. The number of rotatable bonds is 7. The van der Waals surface area contributed by atoms with E-state index in [0.29, 0.717) is 23.4 Å². The number of pyridine rings is 1. The Morgan fingerprint density at radius 1 is 0.842 bits per heavy atom. The maximum absolute atomic E-state index is 12.9. The Morgan fingerprint density at radius 3 is 2.32 bits per heavy atom. The number of amides is 1. The van der Waals surface area contributed by atoms with Crippen molar-refractivity contribution >= 4 is 40.4 Å². The number of Topliss-reactive ketones (excluding diaryl/α,β-unsaturated/α-hetero) is 2. The minimum atomic E-state index is -0.584. The van der Waals surface area contributed by atoms with Gasteiger partial charge in [-0.2, -0.15) is 0 Å². The van der Waals surface area contributed by atoms with Gasteiger partial charge < -0.3 is 10.6 Å². The van der Waals surface area contributed by atoms with E-state index in [1.807, 2.05) is 54.6 Å². The Kier molecular flexibility index (Phi) is 6.99. The molecule has 3 aromatic carbocycles. The highest BCUT2D eigenvalue weighted by atomic mass is 35.5. The smallest absolute Gasteiger partial charge is 0.275 e. The summed E-state index contributed by atoms with van der Waals surface area (Å²) in [6.07, 6.45) is 1.45. The lowest BCUT2D eigenvalue weighted by molar-refractivity contribution is 0.0707. The first-order chi connectivity index (χ1) is 18.5. The predicted molar refractivity (Wildman–Crippen MR) is 144 cm³/mol. The number of nitrogens with zero attached hydrogens (tertiary/aromatic N) is 1. The molecule has 0 bridgehead atoms. The second-order valence-electron chi connectivity index (χ2n) is 8.49. The van der Waals surface area contributed by atoms with Crippen LogP contribution in [0.5, 0.6) is 0 Å². The van der Waals surface area contributed by atoms with Crippen molar-refractivity contribution in [2.75, 3.05) is 10.6 Å². The van der Waals surface area contributed by atoms with Gasteiger partial charge in [0.1, 0.15) is 16.4 Å². The third-order valence-electron chi connectivity index (χ3n) is 6.08. The molecule has 8 nitrogen and oxygen atoms in total. The number of hydrogen-bond donors (Lipinski definition) is 4. The van der Waals surface area contributed by atoms with E-state index in [4.69, 9.17) is 16.8 Å². The van der Waals surface area contributed by atoms with Crippen molar-refractivity contribution in [3.63, 3.8) is 0 Å². The van der Waals surface area contributed by atoms with Gasteiger partial charge in [0.15, 0.2) is 0 Å². The summed E-state index contributed by atoms with van der Waals surface area (Å²) in [6.45, 7) is 0.474. The molecule has 4 aromatic rings. The molecule has 0 fully saturated rings. The maximum atomic E-state index is 12.9. The minimum Gasteiger partial charge on any atom is -0.381 e. The highest BCUT2D eigenvalue weighted by molar-refractivity contribution is 6.50. The number of halogens is 1. The number of hydroxylamine groups is 1. The Bertz CT molecular complexity index is 1580. The Balaban J connectivity index is 1.30. The number of hydrogen-bond acceptors (Lipinski definition) is 7. The van der Waals surface area contributed by atoms with E-state index < -0.39 is 17.5 Å². The van der Waals surface area contributed by atoms with E-state index in [0.717, 1.165) is 16.8 Å². The quantitative estimate of drug-likeness (QED) is 0.188. The van der Waals surface area contributed by atoms with E-state index in [2.05, 4.69) is 15.6 Å². The van der Waals surface area contributed by atoms with Crippen molar-refractivity contribution in [2.24, 2.45) is 0 Å². The van der Waals surface area contributed by atoms with Crippen molar-refractivity contribution < 1.29 is 19.6 Å². The lowest BCUT2D eigenvalue weighted by Crippen LogP contribution is -2.25. The summed E-state index contributed by atoms with van der Waals surface area (Å²) in [5, 5.41) is 15.2. The lowest BCUT2D eigenvalue weighted by Gasteiger charge is -2.18. The second-order valence-corrected chi connectivity index (χ2v) is 8.87. The van der Waals surface area contributed by atoms with Crippen molar-refractivity contribution in [1.82, 2.24) is 10.5 Å². The molecule has 0 aliphatic heterocycles. The molecule has 0 unspecified atom stereocenters. The average molecular weight is 525 g/mol. The number of ketones is 2. The maximum Gasteiger partial charge on any atom is 0.275 e. The monoisotopic (exact) mass is 524 g/mol. The standard InChI is InChI=1S/C29H21ClN4O4/c30-24-26(27(35)22-7-4-14-31-25(22)28(24)36)33-20-11-9-19(10-12-20)32-16-17-8-13-21(29(37)34-38)23(15-17)18-5-2-1-3-6-18/h1-15,32-33,38H,16H2,(H,34,37). The molecule has 4 N–H and O–H groups in total. The van der Waals surface area contributed by atoms with Crippen molar-refractivity contribution in [3.8, 4) is 11.1 Å². The molecular weight excluding hydrogens is 504 g/mol. The van der Waals surface area contributed by atoms with E-state index in [1.54, 1.807) is 35.8 Å². The van der Waals surface area contributed by atoms with Gasteiger partial charge in [-0.1, -0.05) is 48.0 Å². The van der Waals surface area contributed by atoms with Gasteiger partial charge in [-0.05, 0) is 65.2 Å². The molecule has 1 amide bonds. The molecule has 1 aliphatic rings. The van der Waals surface area contributed by atoms with Gasteiger partial charge in [0.2, 0.25) is 11.6 Å². The number of anilines is 2. The first-order valence-electron chi connectivity index (χ1n) is 11.6. The van der Waals surface area contributed by atoms with Crippen LogP contribution in [0.15, 0.2) is 102 Å². The molecule has 0 atom stereocenters. The van der Waals surface area contributed by atoms with Crippen LogP contribution >= 0.6 is 11.6 Å². The number of benzene rings is 3. The van der Waals surface area contributed by atoms with Crippen LogP contribution in [0.1, 0.15) is 36.8 Å². The molecular formula is C29H21ClN4O4. The molecule has 0 saturated heterocycles. The molecule has 9 heteroatoms. The van der Waals surface area contributed by atoms with E-state index in [1.165, 1.54) is 6.20 Å². The molecule has 1 heterocycles. The second kappa shape index (κ2) is 10.7. The number of aromatic nitrogens is 1.